The van der Waals surface area contributed by atoms with Gasteiger partial charge >= 0.3 is 0 Å². The minimum atomic E-state index is -0.274. The number of anilines is 1. The van der Waals surface area contributed by atoms with Gasteiger partial charge in [0.1, 0.15) is 5.82 Å². The second kappa shape index (κ2) is 8.49. The minimum Gasteiger partial charge on any atom is -0.352 e. The maximum absolute atomic E-state index is 13.0. The highest BCUT2D eigenvalue weighted by Gasteiger charge is 2.29. The fraction of sp³-hybridized carbons (Fsp3) is 0.476. The van der Waals surface area contributed by atoms with Gasteiger partial charge in [-0.1, -0.05) is 12.1 Å². The molecule has 1 N–H and O–H groups in total. The van der Waals surface area contributed by atoms with Crippen LogP contribution < -0.4 is 10.2 Å². The zero-order valence-electron chi connectivity index (χ0n) is 16.5. The van der Waals surface area contributed by atoms with Crippen molar-refractivity contribution in [1.82, 2.24) is 15.2 Å². The van der Waals surface area contributed by atoms with Gasteiger partial charge in [-0.25, -0.2) is 9.37 Å². The van der Waals surface area contributed by atoms with Crippen molar-refractivity contribution in [1.29, 1.82) is 0 Å². The molecular weight excluding hydrogens is 391 g/mol. The Morgan fingerprint density at radius 1 is 1.21 bits per heavy atom. The van der Waals surface area contributed by atoms with Gasteiger partial charge in [0.15, 0.2) is 5.13 Å². The van der Waals surface area contributed by atoms with Crippen molar-refractivity contribution in [3.8, 4) is 0 Å². The van der Waals surface area contributed by atoms with E-state index in [0.29, 0.717) is 6.54 Å². The highest BCUT2D eigenvalue weighted by molar-refractivity contribution is 7.15. The van der Waals surface area contributed by atoms with Crippen LogP contribution in [-0.4, -0.2) is 47.9 Å². The number of hydrogen-bond acceptors (Lipinski definition) is 5. The lowest BCUT2D eigenvalue weighted by atomic mass is 9.90. The number of piperazine rings is 1. The summed E-state index contributed by atoms with van der Waals surface area (Å²) in [5.74, 6) is -0.156. The molecule has 8 heteroatoms. The molecule has 1 aliphatic heterocycles. The summed E-state index contributed by atoms with van der Waals surface area (Å²) in [7, 11) is 0. The number of carbonyl (C=O) groups excluding carboxylic acids is 2. The first-order valence-electron chi connectivity index (χ1n) is 10.0. The maximum atomic E-state index is 13.0. The SMILES string of the molecule is CC(=O)N1CCN(c2nc3c(s2)C[C@H](C(=O)NCc2ccc(F)cc2)CC3)CC1. The standard InChI is InChI=1S/C21H25FN4O2S/c1-14(27)25-8-10-26(11-9-25)21-24-18-7-4-16(12-19(18)29-21)20(28)23-13-15-2-5-17(22)6-3-15/h2-3,5-6,16H,4,7-13H2,1H3,(H,23,28)/t16-/m1/s1. The highest BCUT2D eigenvalue weighted by atomic mass is 32.1. The first kappa shape index (κ1) is 19.8. The maximum Gasteiger partial charge on any atom is 0.223 e. The number of thiazole rings is 1. The van der Waals surface area contributed by atoms with Gasteiger partial charge in [-0.3, -0.25) is 9.59 Å². The van der Waals surface area contributed by atoms with Crippen LogP contribution in [0, 0.1) is 11.7 Å². The van der Waals surface area contributed by atoms with Crippen LogP contribution in [0.5, 0.6) is 0 Å². The molecule has 1 atom stereocenters. The summed E-state index contributed by atoms with van der Waals surface area (Å²) in [5, 5.41) is 3.98. The van der Waals surface area contributed by atoms with E-state index in [2.05, 4.69) is 10.2 Å². The zero-order chi connectivity index (χ0) is 20.4. The van der Waals surface area contributed by atoms with Crippen LogP contribution in [0.3, 0.4) is 0 Å². The third kappa shape index (κ3) is 4.58. The molecule has 0 spiro atoms. The van der Waals surface area contributed by atoms with E-state index in [1.807, 2.05) is 4.90 Å². The Balaban J connectivity index is 1.33. The number of aromatic nitrogens is 1. The second-order valence-corrected chi connectivity index (χ2v) is 8.71. The van der Waals surface area contributed by atoms with E-state index in [-0.39, 0.29) is 23.5 Å². The van der Waals surface area contributed by atoms with Gasteiger partial charge in [0.2, 0.25) is 11.8 Å². The lowest BCUT2D eigenvalue weighted by Gasteiger charge is -2.33. The molecule has 2 aliphatic rings. The summed E-state index contributed by atoms with van der Waals surface area (Å²) in [6.45, 7) is 5.08. The fourth-order valence-electron chi connectivity index (χ4n) is 3.87. The topological polar surface area (TPSA) is 65.5 Å². The largest absolute Gasteiger partial charge is 0.352 e. The van der Waals surface area contributed by atoms with Crippen LogP contribution >= 0.6 is 11.3 Å². The van der Waals surface area contributed by atoms with Crippen molar-refractivity contribution in [3.05, 3.63) is 46.2 Å². The molecule has 6 nitrogen and oxygen atoms in total. The predicted octanol–water partition coefficient (Wildman–Crippen LogP) is 2.37. The summed E-state index contributed by atoms with van der Waals surface area (Å²) >= 11 is 1.68. The molecule has 4 rings (SSSR count). The van der Waals surface area contributed by atoms with Crippen molar-refractivity contribution in [2.24, 2.45) is 5.92 Å². The molecule has 1 aliphatic carbocycles. The number of benzene rings is 1. The molecule has 154 valence electrons. The molecule has 1 aromatic heterocycles. The lowest BCUT2D eigenvalue weighted by Crippen LogP contribution is -2.48. The summed E-state index contributed by atoms with van der Waals surface area (Å²) in [4.78, 5) is 34.2. The molecule has 1 aromatic carbocycles. The summed E-state index contributed by atoms with van der Waals surface area (Å²) in [6.07, 6.45) is 2.33. The van der Waals surface area contributed by atoms with E-state index >= 15 is 0 Å². The quantitative estimate of drug-likeness (QED) is 0.831. The molecular formula is C21H25FN4O2S. The van der Waals surface area contributed by atoms with Crippen LogP contribution in [-0.2, 0) is 29.0 Å². The van der Waals surface area contributed by atoms with Crippen molar-refractivity contribution in [2.75, 3.05) is 31.1 Å². The van der Waals surface area contributed by atoms with Gasteiger partial charge in [-0.15, -0.1) is 11.3 Å². The Bertz CT molecular complexity index is 891. The number of amides is 2. The molecule has 1 saturated heterocycles. The summed E-state index contributed by atoms with van der Waals surface area (Å²) < 4.78 is 13.0. The molecule has 2 heterocycles. The molecule has 0 saturated carbocycles. The van der Waals surface area contributed by atoms with E-state index in [1.165, 1.54) is 17.0 Å². The molecule has 2 aromatic rings. The number of fused-ring (bicyclic) bond motifs is 1. The number of rotatable bonds is 4. The average Bonchev–Trinajstić information content (AvgIpc) is 3.16. The minimum absolute atomic E-state index is 0.0463. The molecule has 0 unspecified atom stereocenters. The average molecular weight is 417 g/mol. The van der Waals surface area contributed by atoms with Gasteiger partial charge in [0, 0.05) is 50.4 Å². The summed E-state index contributed by atoms with van der Waals surface area (Å²) in [5.41, 5.74) is 2.00. The predicted molar refractivity (Wildman–Crippen MR) is 110 cm³/mol. The van der Waals surface area contributed by atoms with Crippen LogP contribution in [0.2, 0.25) is 0 Å². The van der Waals surface area contributed by atoms with Gasteiger partial charge in [-0.2, -0.15) is 0 Å². The smallest absolute Gasteiger partial charge is 0.223 e. The molecule has 29 heavy (non-hydrogen) atoms. The van der Waals surface area contributed by atoms with E-state index in [9.17, 15) is 14.0 Å². The molecule has 1 fully saturated rings. The lowest BCUT2D eigenvalue weighted by molar-refractivity contribution is -0.129. The Hall–Kier alpha value is -2.48. The number of nitrogens with zero attached hydrogens (tertiary/aromatic N) is 3. The van der Waals surface area contributed by atoms with Crippen molar-refractivity contribution < 1.29 is 14.0 Å². The van der Waals surface area contributed by atoms with Gasteiger partial charge < -0.3 is 15.1 Å². The monoisotopic (exact) mass is 416 g/mol. The second-order valence-electron chi connectivity index (χ2n) is 7.64. The number of halogens is 1. The first-order chi connectivity index (χ1) is 14.0. The third-order valence-corrected chi connectivity index (χ3v) is 6.86. The number of carbonyl (C=O) groups is 2. The van der Waals surface area contributed by atoms with Crippen LogP contribution in [0.25, 0.3) is 0 Å². The van der Waals surface area contributed by atoms with E-state index in [1.54, 1.807) is 30.4 Å². The Morgan fingerprint density at radius 2 is 1.93 bits per heavy atom. The van der Waals surface area contributed by atoms with E-state index < -0.39 is 0 Å². The van der Waals surface area contributed by atoms with E-state index in [0.717, 1.165) is 61.8 Å². The van der Waals surface area contributed by atoms with Gasteiger partial charge in [0.25, 0.3) is 0 Å². The summed E-state index contributed by atoms with van der Waals surface area (Å²) in [6, 6.07) is 6.19. The fourth-order valence-corrected chi connectivity index (χ4v) is 5.11. The Kier molecular flexibility index (Phi) is 5.80. The highest BCUT2D eigenvalue weighted by Crippen LogP contribution is 2.34. The van der Waals surface area contributed by atoms with Crippen molar-refractivity contribution in [3.63, 3.8) is 0 Å². The number of nitrogens with one attached hydrogen (secondary N) is 1. The zero-order valence-corrected chi connectivity index (χ0v) is 17.3. The molecule has 0 bridgehead atoms. The van der Waals surface area contributed by atoms with Crippen LogP contribution in [0.15, 0.2) is 24.3 Å². The van der Waals surface area contributed by atoms with Gasteiger partial charge in [-0.05, 0) is 37.0 Å². The first-order valence-corrected chi connectivity index (χ1v) is 10.8. The molecule has 0 radical (unpaired) electrons. The Morgan fingerprint density at radius 3 is 2.62 bits per heavy atom. The van der Waals surface area contributed by atoms with Crippen molar-refractivity contribution >= 4 is 28.3 Å². The van der Waals surface area contributed by atoms with E-state index in [4.69, 9.17) is 4.98 Å². The van der Waals surface area contributed by atoms with Gasteiger partial charge in [0.05, 0.1) is 5.69 Å². The Labute approximate surface area is 173 Å². The number of hydrogen-bond donors (Lipinski definition) is 1. The molecule has 2 amide bonds. The van der Waals surface area contributed by atoms with Crippen molar-refractivity contribution in [2.45, 2.75) is 32.7 Å². The number of aryl methyl sites for hydroxylation is 1. The normalized spacial score (nSPS) is 19.0. The third-order valence-electron chi connectivity index (χ3n) is 5.67. The van der Waals surface area contributed by atoms with Crippen LogP contribution in [0.4, 0.5) is 9.52 Å². The van der Waals surface area contributed by atoms with Crippen LogP contribution in [0.1, 0.15) is 29.5 Å².